The van der Waals surface area contributed by atoms with Gasteiger partial charge in [-0.1, -0.05) is 0 Å². The molecule has 0 saturated heterocycles. The number of thiophene rings is 1. The molecule has 1 fully saturated rings. The minimum atomic E-state index is -0.142. The van der Waals surface area contributed by atoms with Gasteiger partial charge in [0.05, 0.1) is 9.89 Å². The lowest BCUT2D eigenvalue weighted by Crippen LogP contribution is -2.27. The van der Waals surface area contributed by atoms with Crippen LogP contribution < -0.4 is 5.32 Å². The normalized spacial score (nSPS) is 18.4. The zero-order chi connectivity index (χ0) is 9.97. The summed E-state index contributed by atoms with van der Waals surface area (Å²) in [5.74, 6) is 0.566. The number of nitrogens with one attached hydrogen (secondary N) is 1. The number of halogens is 1. The summed E-state index contributed by atoms with van der Waals surface area (Å²) in [6.07, 6.45) is 2.26. The third-order valence-electron chi connectivity index (χ3n) is 2.47. The second-order valence-electron chi connectivity index (χ2n) is 3.79. The summed E-state index contributed by atoms with van der Waals surface area (Å²) in [6.45, 7) is 1.57. The minimum Gasteiger partial charge on any atom is -0.392 e. The predicted octanol–water partition coefficient (Wildman–Crippen LogP) is 2.37. The van der Waals surface area contributed by atoms with Crippen LogP contribution in [0, 0.1) is 5.92 Å². The van der Waals surface area contributed by atoms with Crippen LogP contribution in [0.3, 0.4) is 0 Å². The van der Waals surface area contributed by atoms with E-state index in [9.17, 15) is 5.11 Å². The monoisotopic (exact) mass is 275 g/mol. The zero-order valence-electron chi connectivity index (χ0n) is 7.87. The molecule has 1 atom stereocenters. The van der Waals surface area contributed by atoms with E-state index in [-0.39, 0.29) is 6.10 Å². The van der Waals surface area contributed by atoms with Crippen molar-refractivity contribution in [2.75, 3.05) is 6.54 Å². The molecule has 0 aliphatic heterocycles. The average Bonchev–Trinajstić information content (AvgIpc) is 2.92. The summed E-state index contributed by atoms with van der Waals surface area (Å²) in [5.41, 5.74) is 1.28. The van der Waals surface area contributed by atoms with Crippen molar-refractivity contribution >= 4 is 27.3 Å². The highest BCUT2D eigenvalue weighted by molar-refractivity contribution is 9.11. The molecule has 0 aromatic carbocycles. The highest BCUT2D eigenvalue weighted by Crippen LogP contribution is 2.32. The number of aliphatic hydroxyl groups excluding tert-OH is 1. The van der Waals surface area contributed by atoms with Gasteiger partial charge in [0, 0.05) is 13.1 Å². The van der Waals surface area contributed by atoms with Gasteiger partial charge in [0.15, 0.2) is 0 Å². The molecular weight excluding hydrogens is 262 g/mol. The lowest BCUT2D eigenvalue weighted by molar-refractivity contribution is 0.148. The Bertz CT molecular complexity index is 298. The quantitative estimate of drug-likeness (QED) is 0.865. The van der Waals surface area contributed by atoms with E-state index in [1.54, 1.807) is 11.3 Å². The Hall–Kier alpha value is 0.100. The summed E-state index contributed by atoms with van der Waals surface area (Å²) in [7, 11) is 0. The smallest absolute Gasteiger partial charge is 0.0701 e. The van der Waals surface area contributed by atoms with Crippen LogP contribution in [0.4, 0.5) is 0 Å². The van der Waals surface area contributed by atoms with Gasteiger partial charge >= 0.3 is 0 Å². The van der Waals surface area contributed by atoms with Crippen LogP contribution in [-0.2, 0) is 6.54 Å². The fourth-order valence-corrected chi connectivity index (χ4v) is 2.66. The van der Waals surface area contributed by atoms with Crippen molar-refractivity contribution < 1.29 is 5.11 Å². The van der Waals surface area contributed by atoms with Crippen LogP contribution in [0.2, 0.25) is 0 Å². The highest BCUT2D eigenvalue weighted by Gasteiger charge is 2.28. The van der Waals surface area contributed by atoms with Gasteiger partial charge in [-0.05, 0) is 51.7 Å². The van der Waals surface area contributed by atoms with Gasteiger partial charge in [-0.15, -0.1) is 11.3 Å². The first-order valence-electron chi connectivity index (χ1n) is 4.87. The predicted molar refractivity (Wildman–Crippen MR) is 62.5 cm³/mol. The van der Waals surface area contributed by atoms with Crippen molar-refractivity contribution in [3.8, 4) is 0 Å². The van der Waals surface area contributed by atoms with E-state index in [0.29, 0.717) is 5.92 Å². The molecule has 78 valence electrons. The summed E-state index contributed by atoms with van der Waals surface area (Å²) in [6, 6.07) is 2.11. The Morgan fingerprint density at radius 1 is 1.64 bits per heavy atom. The highest BCUT2D eigenvalue weighted by atomic mass is 79.9. The fraction of sp³-hybridized carbons (Fsp3) is 0.600. The van der Waals surface area contributed by atoms with E-state index in [2.05, 4.69) is 32.7 Å². The van der Waals surface area contributed by atoms with Gasteiger partial charge in [0.1, 0.15) is 0 Å². The number of rotatable bonds is 5. The van der Waals surface area contributed by atoms with Crippen LogP contribution in [0.15, 0.2) is 15.2 Å². The third kappa shape index (κ3) is 3.05. The van der Waals surface area contributed by atoms with Crippen LogP contribution in [0.1, 0.15) is 18.4 Å². The third-order valence-corrected chi connectivity index (χ3v) is 4.02. The number of hydrogen-bond donors (Lipinski definition) is 2. The standard InChI is InChI=1S/C10H14BrNOS/c11-10-3-7(6-14-10)4-12-5-9(13)8-1-2-8/h3,6,8-9,12-13H,1-2,4-5H2. The lowest BCUT2D eigenvalue weighted by Gasteiger charge is -2.09. The molecule has 0 radical (unpaired) electrons. The average molecular weight is 276 g/mol. The largest absolute Gasteiger partial charge is 0.392 e. The summed E-state index contributed by atoms with van der Waals surface area (Å²) in [5, 5.41) is 15.0. The summed E-state index contributed by atoms with van der Waals surface area (Å²) >= 11 is 5.12. The zero-order valence-corrected chi connectivity index (χ0v) is 10.3. The SMILES string of the molecule is OC(CNCc1csc(Br)c1)C1CC1. The van der Waals surface area contributed by atoms with Crippen molar-refractivity contribution in [2.45, 2.75) is 25.5 Å². The van der Waals surface area contributed by atoms with E-state index in [0.717, 1.165) is 16.9 Å². The molecule has 1 aliphatic carbocycles. The molecule has 1 aromatic rings. The maximum Gasteiger partial charge on any atom is 0.0701 e. The molecule has 2 rings (SSSR count). The Labute approximate surface area is 96.5 Å². The van der Waals surface area contributed by atoms with Gasteiger partial charge in [0.2, 0.25) is 0 Å². The maximum atomic E-state index is 9.60. The van der Waals surface area contributed by atoms with Gasteiger partial charge in [-0.3, -0.25) is 0 Å². The van der Waals surface area contributed by atoms with E-state index in [1.807, 2.05) is 0 Å². The van der Waals surface area contributed by atoms with E-state index in [4.69, 9.17) is 0 Å². The Kier molecular flexibility index (Phi) is 3.60. The Morgan fingerprint density at radius 2 is 2.43 bits per heavy atom. The molecule has 1 saturated carbocycles. The van der Waals surface area contributed by atoms with Gasteiger partial charge in [-0.2, -0.15) is 0 Å². The van der Waals surface area contributed by atoms with Gasteiger partial charge in [-0.25, -0.2) is 0 Å². The van der Waals surface area contributed by atoms with Crippen molar-refractivity contribution in [3.63, 3.8) is 0 Å². The summed E-state index contributed by atoms with van der Waals surface area (Å²) < 4.78 is 1.16. The van der Waals surface area contributed by atoms with E-state index >= 15 is 0 Å². The minimum absolute atomic E-state index is 0.142. The number of aliphatic hydroxyl groups is 1. The van der Waals surface area contributed by atoms with Crippen LogP contribution >= 0.6 is 27.3 Å². The molecule has 1 heterocycles. The topological polar surface area (TPSA) is 32.3 Å². The van der Waals surface area contributed by atoms with Crippen LogP contribution in [0.25, 0.3) is 0 Å². The molecule has 0 amide bonds. The van der Waals surface area contributed by atoms with E-state index in [1.165, 1.54) is 18.4 Å². The Morgan fingerprint density at radius 3 is 3.00 bits per heavy atom. The molecule has 1 unspecified atom stereocenters. The van der Waals surface area contributed by atoms with Crippen molar-refractivity contribution in [1.29, 1.82) is 0 Å². The first kappa shape index (κ1) is 10.6. The first-order chi connectivity index (χ1) is 6.75. The second kappa shape index (κ2) is 4.75. The van der Waals surface area contributed by atoms with E-state index < -0.39 is 0 Å². The van der Waals surface area contributed by atoms with Gasteiger partial charge < -0.3 is 10.4 Å². The van der Waals surface area contributed by atoms with Crippen LogP contribution in [-0.4, -0.2) is 17.8 Å². The van der Waals surface area contributed by atoms with Crippen molar-refractivity contribution in [1.82, 2.24) is 5.32 Å². The number of hydrogen-bond acceptors (Lipinski definition) is 3. The molecule has 2 nitrogen and oxygen atoms in total. The lowest BCUT2D eigenvalue weighted by atomic mass is 10.2. The second-order valence-corrected chi connectivity index (χ2v) is 6.09. The Balaban J connectivity index is 1.67. The molecule has 4 heteroatoms. The molecule has 14 heavy (non-hydrogen) atoms. The molecule has 1 aromatic heterocycles. The summed E-state index contributed by atoms with van der Waals surface area (Å²) in [4.78, 5) is 0. The molecule has 0 spiro atoms. The maximum absolute atomic E-state index is 9.60. The molecule has 1 aliphatic rings. The van der Waals surface area contributed by atoms with Crippen molar-refractivity contribution in [2.24, 2.45) is 5.92 Å². The van der Waals surface area contributed by atoms with Gasteiger partial charge in [0.25, 0.3) is 0 Å². The van der Waals surface area contributed by atoms with Crippen molar-refractivity contribution in [3.05, 3.63) is 20.8 Å². The first-order valence-corrected chi connectivity index (χ1v) is 6.54. The molecule has 2 N–H and O–H groups in total. The fourth-order valence-electron chi connectivity index (χ4n) is 1.45. The van der Waals surface area contributed by atoms with Crippen LogP contribution in [0.5, 0.6) is 0 Å². The molecular formula is C10H14BrNOS. The molecule has 0 bridgehead atoms.